The molecule has 1 aromatic rings. The molecule has 1 aliphatic rings. The number of amides is 2. The van der Waals surface area contributed by atoms with Crippen LogP contribution in [-0.4, -0.2) is 53.3 Å². The van der Waals surface area contributed by atoms with Gasteiger partial charge in [-0.15, -0.1) is 0 Å². The predicted octanol–water partition coefficient (Wildman–Crippen LogP) is -0.246. The SMILES string of the molecule is COC(=O)NCc1cc(C(=O)N2CC(O)C2)ccn1. The number of ether oxygens (including phenoxy) is 1. The molecule has 2 amide bonds. The first kappa shape index (κ1) is 13.3. The maximum Gasteiger partial charge on any atom is 0.407 e. The summed E-state index contributed by atoms with van der Waals surface area (Å²) < 4.78 is 4.45. The van der Waals surface area contributed by atoms with E-state index >= 15 is 0 Å². The summed E-state index contributed by atoms with van der Waals surface area (Å²) in [7, 11) is 1.28. The van der Waals surface area contributed by atoms with E-state index in [9.17, 15) is 14.7 Å². The Morgan fingerprint density at radius 3 is 2.95 bits per heavy atom. The molecule has 0 atom stereocenters. The number of nitrogens with one attached hydrogen (secondary N) is 1. The Bertz CT molecular complexity index is 486. The van der Waals surface area contributed by atoms with Gasteiger partial charge in [0.1, 0.15) is 0 Å². The lowest BCUT2D eigenvalue weighted by Crippen LogP contribution is -2.53. The molecule has 2 N–H and O–H groups in total. The highest BCUT2D eigenvalue weighted by atomic mass is 16.5. The number of rotatable bonds is 3. The van der Waals surface area contributed by atoms with Crippen LogP contribution in [-0.2, 0) is 11.3 Å². The van der Waals surface area contributed by atoms with Crippen LogP contribution in [0.25, 0.3) is 0 Å². The molecular weight excluding hydrogens is 250 g/mol. The van der Waals surface area contributed by atoms with Gasteiger partial charge in [-0.25, -0.2) is 4.79 Å². The number of pyridine rings is 1. The van der Waals surface area contributed by atoms with E-state index in [1.807, 2.05) is 0 Å². The summed E-state index contributed by atoms with van der Waals surface area (Å²) in [5, 5.41) is 11.7. The monoisotopic (exact) mass is 265 g/mol. The number of carbonyl (C=O) groups excluding carboxylic acids is 2. The lowest BCUT2D eigenvalue weighted by Gasteiger charge is -2.35. The van der Waals surface area contributed by atoms with E-state index in [2.05, 4.69) is 15.0 Å². The minimum atomic E-state index is -0.551. The van der Waals surface area contributed by atoms with Gasteiger partial charge in [0.25, 0.3) is 5.91 Å². The second-order valence-corrected chi connectivity index (χ2v) is 4.24. The minimum Gasteiger partial charge on any atom is -0.453 e. The van der Waals surface area contributed by atoms with Crippen LogP contribution >= 0.6 is 0 Å². The first-order valence-electron chi connectivity index (χ1n) is 5.84. The zero-order valence-corrected chi connectivity index (χ0v) is 10.5. The van der Waals surface area contributed by atoms with Gasteiger partial charge in [-0.2, -0.15) is 0 Å². The van der Waals surface area contributed by atoms with Crippen molar-refractivity contribution in [3.63, 3.8) is 0 Å². The van der Waals surface area contributed by atoms with Crippen LogP contribution in [0.15, 0.2) is 18.3 Å². The second kappa shape index (κ2) is 5.66. The van der Waals surface area contributed by atoms with Gasteiger partial charge in [-0.1, -0.05) is 0 Å². The van der Waals surface area contributed by atoms with E-state index in [1.165, 1.54) is 13.3 Å². The van der Waals surface area contributed by atoms with Crippen LogP contribution in [0.5, 0.6) is 0 Å². The van der Waals surface area contributed by atoms with Gasteiger partial charge in [-0.3, -0.25) is 9.78 Å². The Hall–Kier alpha value is -2.15. The number of nitrogens with zero attached hydrogens (tertiary/aromatic N) is 2. The van der Waals surface area contributed by atoms with Crippen molar-refractivity contribution in [3.8, 4) is 0 Å². The van der Waals surface area contributed by atoms with Crippen molar-refractivity contribution >= 4 is 12.0 Å². The third kappa shape index (κ3) is 3.19. The number of aliphatic hydroxyl groups excluding tert-OH is 1. The number of aromatic nitrogens is 1. The molecule has 102 valence electrons. The van der Waals surface area contributed by atoms with Crippen molar-refractivity contribution in [2.24, 2.45) is 0 Å². The fourth-order valence-electron chi connectivity index (χ4n) is 1.75. The summed E-state index contributed by atoms with van der Waals surface area (Å²) >= 11 is 0. The molecule has 0 radical (unpaired) electrons. The summed E-state index contributed by atoms with van der Waals surface area (Å²) in [6.07, 6.45) is 0.535. The number of aliphatic hydroxyl groups is 1. The van der Waals surface area contributed by atoms with E-state index < -0.39 is 12.2 Å². The standard InChI is InChI=1S/C12H15N3O4/c1-19-12(18)14-5-9-4-8(2-3-13-9)11(17)15-6-10(16)7-15/h2-4,10,16H,5-7H2,1H3,(H,14,18). The number of alkyl carbamates (subject to hydrolysis) is 1. The molecule has 7 heteroatoms. The maximum atomic E-state index is 12.0. The van der Waals surface area contributed by atoms with E-state index in [0.29, 0.717) is 24.3 Å². The predicted molar refractivity (Wildman–Crippen MR) is 65.4 cm³/mol. The summed E-state index contributed by atoms with van der Waals surface area (Å²) in [5.41, 5.74) is 1.06. The molecule has 1 aromatic heterocycles. The fraction of sp³-hybridized carbons (Fsp3) is 0.417. The van der Waals surface area contributed by atoms with E-state index in [4.69, 9.17) is 0 Å². The maximum absolute atomic E-state index is 12.0. The highest BCUT2D eigenvalue weighted by Gasteiger charge is 2.29. The number of β-amino-alcohol motifs (C(OH)–C–C–N with tert-alkyl or cyclic N) is 1. The molecule has 0 aliphatic carbocycles. The highest BCUT2D eigenvalue weighted by molar-refractivity contribution is 5.94. The Morgan fingerprint density at radius 1 is 1.58 bits per heavy atom. The van der Waals surface area contributed by atoms with Crippen LogP contribution in [0.3, 0.4) is 0 Å². The normalized spacial score (nSPS) is 14.7. The largest absolute Gasteiger partial charge is 0.453 e. The molecule has 0 bridgehead atoms. The Morgan fingerprint density at radius 2 is 2.32 bits per heavy atom. The van der Waals surface area contributed by atoms with Gasteiger partial charge >= 0.3 is 6.09 Å². The number of hydrogen-bond donors (Lipinski definition) is 2. The molecule has 0 spiro atoms. The van der Waals surface area contributed by atoms with Gasteiger partial charge in [0.2, 0.25) is 0 Å². The Balaban J connectivity index is 1.98. The summed E-state index contributed by atoms with van der Waals surface area (Å²) in [6, 6.07) is 3.22. The lowest BCUT2D eigenvalue weighted by molar-refractivity contribution is 0.00588. The van der Waals surface area contributed by atoms with E-state index in [1.54, 1.807) is 17.0 Å². The van der Waals surface area contributed by atoms with E-state index in [0.717, 1.165) is 0 Å². The number of hydrogen-bond acceptors (Lipinski definition) is 5. The molecule has 1 aliphatic heterocycles. The molecular formula is C12H15N3O4. The van der Waals surface area contributed by atoms with Crippen LogP contribution in [0.2, 0.25) is 0 Å². The average molecular weight is 265 g/mol. The second-order valence-electron chi connectivity index (χ2n) is 4.24. The number of methoxy groups -OCH3 is 1. The van der Waals surface area contributed by atoms with Crippen molar-refractivity contribution in [1.29, 1.82) is 0 Å². The summed E-state index contributed by atoms with van der Waals surface area (Å²) in [6.45, 7) is 0.907. The van der Waals surface area contributed by atoms with Gasteiger partial charge in [0.15, 0.2) is 0 Å². The Kier molecular flexibility index (Phi) is 3.96. The lowest BCUT2D eigenvalue weighted by atomic mass is 10.1. The molecule has 0 aromatic carbocycles. The third-order valence-corrected chi connectivity index (χ3v) is 2.81. The summed E-state index contributed by atoms with van der Waals surface area (Å²) in [5.74, 6) is -0.146. The van der Waals surface area contributed by atoms with Gasteiger partial charge in [0, 0.05) is 24.8 Å². The third-order valence-electron chi connectivity index (χ3n) is 2.81. The van der Waals surface area contributed by atoms with Crippen molar-refractivity contribution in [2.75, 3.05) is 20.2 Å². The number of likely N-dealkylation sites (tertiary alicyclic amines) is 1. The molecule has 0 unspecified atom stereocenters. The van der Waals surface area contributed by atoms with Gasteiger partial charge in [0.05, 0.1) is 25.5 Å². The summed E-state index contributed by atoms with van der Waals surface area (Å²) in [4.78, 5) is 28.5. The van der Waals surface area contributed by atoms with Crippen molar-refractivity contribution in [1.82, 2.24) is 15.2 Å². The molecule has 1 saturated heterocycles. The van der Waals surface area contributed by atoms with Crippen molar-refractivity contribution < 1.29 is 19.4 Å². The average Bonchev–Trinajstić information content (AvgIpc) is 2.40. The zero-order chi connectivity index (χ0) is 13.8. The van der Waals surface area contributed by atoms with Crippen LogP contribution in [0.1, 0.15) is 16.1 Å². The first-order valence-corrected chi connectivity index (χ1v) is 5.84. The van der Waals surface area contributed by atoms with Gasteiger partial charge < -0.3 is 20.1 Å². The van der Waals surface area contributed by atoms with Crippen LogP contribution < -0.4 is 5.32 Å². The molecule has 0 saturated carbocycles. The fourth-order valence-corrected chi connectivity index (χ4v) is 1.75. The smallest absolute Gasteiger partial charge is 0.407 e. The molecule has 19 heavy (non-hydrogen) atoms. The highest BCUT2D eigenvalue weighted by Crippen LogP contribution is 2.13. The number of carbonyl (C=O) groups is 2. The molecule has 2 rings (SSSR count). The van der Waals surface area contributed by atoms with Crippen LogP contribution in [0.4, 0.5) is 4.79 Å². The van der Waals surface area contributed by atoms with Gasteiger partial charge in [-0.05, 0) is 12.1 Å². The quantitative estimate of drug-likeness (QED) is 0.786. The Labute approximate surface area is 110 Å². The van der Waals surface area contributed by atoms with Crippen molar-refractivity contribution in [2.45, 2.75) is 12.6 Å². The first-order chi connectivity index (χ1) is 9.10. The molecule has 1 fully saturated rings. The topological polar surface area (TPSA) is 91.8 Å². The zero-order valence-electron chi connectivity index (χ0n) is 10.5. The van der Waals surface area contributed by atoms with Crippen molar-refractivity contribution in [3.05, 3.63) is 29.6 Å². The molecule has 7 nitrogen and oxygen atoms in total. The minimum absolute atomic E-state index is 0.146. The van der Waals surface area contributed by atoms with Crippen LogP contribution in [0, 0.1) is 0 Å². The van der Waals surface area contributed by atoms with E-state index in [-0.39, 0.29) is 12.5 Å². The molecule has 2 heterocycles.